The average Bonchev–Trinajstić information content (AvgIpc) is 2.96. The van der Waals surface area contributed by atoms with Gasteiger partial charge in [0.2, 0.25) is 5.91 Å². The van der Waals surface area contributed by atoms with Crippen molar-refractivity contribution in [1.29, 1.82) is 0 Å². The highest BCUT2D eigenvalue weighted by molar-refractivity contribution is 5.91. The number of piperidine rings is 1. The molecule has 1 amide bonds. The number of benzene rings is 1. The lowest BCUT2D eigenvalue weighted by atomic mass is 9.89. The highest BCUT2D eigenvalue weighted by Crippen LogP contribution is 2.21. The molecule has 2 aromatic rings. The lowest BCUT2D eigenvalue weighted by Crippen LogP contribution is -2.46. The summed E-state index contributed by atoms with van der Waals surface area (Å²) in [5.41, 5.74) is 1.22. The van der Waals surface area contributed by atoms with Crippen molar-refractivity contribution in [2.24, 2.45) is 13.0 Å². The van der Waals surface area contributed by atoms with E-state index in [9.17, 15) is 9.90 Å². The highest BCUT2D eigenvalue weighted by atomic mass is 16.3. The number of nitrogens with one attached hydrogen (secondary N) is 1. The predicted molar refractivity (Wildman–Crippen MR) is 92.5 cm³/mol. The van der Waals surface area contributed by atoms with Crippen LogP contribution in [-0.2, 0) is 18.3 Å². The van der Waals surface area contributed by atoms with E-state index in [1.807, 2.05) is 25.2 Å². The Morgan fingerprint density at radius 1 is 1.33 bits per heavy atom. The molecule has 3 rings (SSSR count). The van der Waals surface area contributed by atoms with Crippen LogP contribution in [0.25, 0.3) is 0 Å². The molecule has 1 saturated heterocycles. The van der Waals surface area contributed by atoms with E-state index in [1.54, 1.807) is 16.9 Å². The topological polar surface area (TPSA) is 70.4 Å². The summed E-state index contributed by atoms with van der Waals surface area (Å²) in [4.78, 5) is 14.3. The van der Waals surface area contributed by atoms with Crippen molar-refractivity contribution in [1.82, 2.24) is 14.7 Å². The van der Waals surface area contributed by atoms with E-state index in [0.29, 0.717) is 18.8 Å². The van der Waals surface area contributed by atoms with Gasteiger partial charge in [-0.2, -0.15) is 5.10 Å². The summed E-state index contributed by atoms with van der Waals surface area (Å²) in [5, 5.41) is 17.2. The van der Waals surface area contributed by atoms with Gasteiger partial charge in [-0.1, -0.05) is 30.3 Å². The van der Waals surface area contributed by atoms with Gasteiger partial charge in [0, 0.05) is 38.3 Å². The van der Waals surface area contributed by atoms with Gasteiger partial charge in [-0.3, -0.25) is 14.4 Å². The number of carbonyl (C=O) groups is 1. The van der Waals surface area contributed by atoms with E-state index in [-0.39, 0.29) is 17.9 Å². The van der Waals surface area contributed by atoms with E-state index in [1.165, 1.54) is 5.56 Å². The Labute approximate surface area is 142 Å². The highest BCUT2D eigenvalue weighted by Gasteiger charge is 2.28. The van der Waals surface area contributed by atoms with Crippen molar-refractivity contribution in [3.63, 3.8) is 0 Å². The van der Waals surface area contributed by atoms with Gasteiger partial charge in [-0.15, -0.1) is 0 Å². The second-order valence-corrected chi connectivity index (χ2v) is 6.46. The Bertz CT molecular complexity index is 671. The fourth-order valence-electron chi connectivity index (χ4n) is 3.22. The van der Waals surface area contributed by atoms with E-state index >= 15 is 0 Å². The van der Waals surface area contributed by atoms with E-state index in [0.717, 1.165) is 19.5 Å². The Kier molecular flexibility index (Phi) is 5.27. The summed E-state index contributed by atoms with van der Waals surface area (Å²) >= 11 is 0. The molecule has 2 heterocycles. The fraction of sp³-hybridized carbons (Fsp3) is 0.444. The first-order chi connectivity index (χ1) is 11.6. The van der Waals surface area contributed by atoms with Gasteiger partial charge in [0.15, 0.2) is 5.82 Å². The summed E-state index contributed by atoms with van der Waals surface area (Å²) < 4.78 is 1.66. The molecule has 1 aromatic carbocycles. The number of amides is 1. The monoisotopic (exact) mass is 328 g/mol. The molecule has 0 unspecified atom stereocenters. The molecule has 6 heteroatoms. The summed E-state index contributed by atoms with van der Waals surface area (Å²) in [5.74, 6) is 0.660. The standard InChI is InChI=1S/C18H24N4O2/c1-21-9-8-17(20-21)19-18(24)13-22-10-7-16(23)15(12-22)11-14-5-3-2-4-6-14/h2-6,8-9,15-16,23H,7,10-13H2,1H3,(H,19,20,24)/t15-,16+/m1/s1. The molecule has 2 atom stereocenters. The van der Waals surface area contributed by atoms with Gasteiger partial charge in [-0.25, -0.2) is 0 Å². The molecule has 6 nitrogen and oxygen atoms in total. The van der Waals surface area contributed by atoms with Gasteiger partial charge < -0.3 is 10.4 Å². The van der Waals surface area contributed by atoms with Crippen LogP contribution in [0.2, 0.25) is 0 Å². The zero-order chi connectivity index (χ0) is 16.9. The van der Waals surface area contributed by atoms with Crippen LogP contribution < -0.4 is 5.32 Å². The maximum Gasteiger partial charge on any atom is 0.239 e. The molecular weight excluding hydrogens is 304 g/mol. The summed E-state index contributed by atoms with van der Waals surface area (Å²) in [6, 6.07) is 12.0. The molecule has 0 spiro atoms. The third-order valence-electron chi connectivity index (χ3n) is 4.47. The van der Waals surface area contributed by atoms with Crippen LogP contribution in [0, 0.1) is 5.92 Å². The predicted octanol–water partition coefficient (Wildman–Crippen LogP) is 1.28. The minimum atomic E-state index is -0.305. The van der Waals surface area contributed by atoms with Crippen LogP contribution >= 0.6 is 0 Å². The molecule has 0 aliphatic carbocycles. The number of nitrogens with zero attached hydrogens (tertiary/aromatic N) is 3. The van der Waals surface area contributed by atoms with Crippen LogP contribution in [0.4, 0.5) is 5.82 Å². The van der Waals surface area contributed by atoms with Gasteiger partial charge >= 0.3 is 0 Å². The number of rotatable bonds is 5. The van der Waals surface area contributed by atoms with Gasteiger partial charge in [0.05, 0.1) is 12.6 Å². The molecular formula is C18H24N4O2. The van der Waals surface area contributed by atoms with Crippen LogP contribution in [-0.4, -0.2) is 51.4 Å². The SMILES string of the molecule is Cn1ccc(NC(=O)CN2CC[C@H](O)[C@H](Cc3ccccc3)C2)n1. The van der Waals surface area contributed by atoms with Crippen LogP contribution in [0.3, 0.4) is 0 Å². The minimum absolute atomic E-state index is 0.0662. The third kappa shape index (κ3) is 4.43. The molecule has 0 radical (unpaired) electrons. The molecule has 128 valence electrons. The summed E-state index contributed by atoms with van der Waals surface area (Å²) in [6.45, 7) is 1.79. The zero-order valence-corrected chi connectivity index (χ0v) is 13.9. The number of aliphatic hydroxyl groups is 1. The maximum atomic E-state index is 12.2. The van der Waals surface area contributed by atoms with Crippen molar-refractivity contribution in [2.75, 3.05) is 25.0 Å². The molecule has 1 aliphatic heterocycles. The number of carbonyl (C=O) groups excluding carboxylic acids is 1. The van der Waals surface area contributed by atoms with Gasteiger partial charge in [0.25, 0.3) is 0 Å². The fourth-order valence-corrected chi connectivity index (χ4v) is 3.22. The van der Waals surface area contributed by atoms with Gasteiger partial charge in [0.1, 0.15) is 0 Å². The van der Waals surface area contributed by atoms with Crippen molar-refractivity contribution >= 4 is 11.7 Å². The van der Waals surface area contributed by atoms with Gasteiger partial charge in [-0.05, 0) is 18.4 Å². The minimum Gasteiger partial charge on any atom is -0.393 e. The molecule has 0 saturated carbocycles. The lowest BCUT2D eigenvalue weighted by Gasteiger charge is -2.35. The number of aliphatic hydroxyl groups excluding tert-OH is 1. The zero-order valence-electron chi connectivity index (χ0n) is 13.9. The Morgan fingerprint density at radius 3 is 2.83 bits per heavy atom. The molecule has 1 fully saturated rings. The Hall–Kier alpha value is -2.18. The van der Waals surface area contributed by atoms with E-state index in [4.69, 9.17) is 0 Å². The number of anilines is 1. The number of likely N-dealkylation sites (tertiary alicyclic amines) is 1. The quantitative estimate of drug-likeness (QED) is 0.867. The largest absolute Gasteiger partial charge is 0.393 e. The number of hydrogen-bond donors (Lipinski definition) is 2. The summed E-state index contributed by atoms with van der Waals surface area (Å²) in [7, 11) is 1.82. The van der Waals surface area contributed by atoms with Crippen molar-refractivity contribution in [2.45, 2.75) is 18.9 Å². The normalized spacial score (nSPS) is 21.6. The first-order valence-corrected chi connectivity index (χ1v) is 8.34. The maximum absolute atomic E-state index is 12.2. The first-order valence-electron chi connectivity index (χ1n) is 8.34. The molecule has 1 aliphatic rings. The Balaban J connectivity index is 1.53. The van der Waals surface area contributed by atoms with Crippen molar-refractivity contribution in [3.8, 4) is 0 Å². The lowest BCUT2D eigenvalue weighted by molar-refractivity contribution is -0.118. The second kappa shape index (κ2) is 7.59. The third-order valence-corrected chi connectivity index (χ3v) is 4.47. The Morgan fingerprint density at radius 2 is 2.12 bits per heavy atom. The second-order valence-electron chi connectivity index (χ2n) is 6.46. The van der Waals surface area contributed by atoms with Crippen LogP contribution in [0.15, 0.2) is 42.6 Å². The number of aromatic nitrogens is 2. The van der Waals surface area contributed by atoms with Crippen molar-refractivity contribution in [3.05, 3.63) is 48.2 Å². The van der Waals surface area contributed by atoms with Crippen LogP contribution in [0.5, 0.6) is 0 Å². The van der Waals surface area contributed by atoms with Crippen molar-refractivity contribution < 1.29 is 9.90 Å². The number of aryl methyl sites for hydroxylation is 1. The van der Waals surface area contributed by atoms with E-state index in [2.05, 4.69) is 27.4 Å². The smallest absolute Gasteiger partial charge is 0.239 e. The average molecular weight is 328 g/mol. The summed E-state index contributed by atoms with van der Waals surface area (Å²) in [6.07, 6.45) is 3.03. The molecule has 24 heavy (non-hydrogen) atoms. The first kappa shape index (κ1) is 16.7. The molecule has 2 N–H and O–H groups in total. The molecule has 0 bridgehead atoms. The van der Waals surface area contributed by atoms with E-state index < -0.39 is 0 Å². The van der Waals surface area contributed by atoms with Crippen LogP contribution in [0.1, 0.15) is 12.0 Å². The molecule has 1 aromatic heterocycles. The number of hydrogen-bond acceptors (Lipinski definition) is 4.